The van der Waals surface area contributed by atoms with Crippen molar-refractivity contribution in [3.05, 3.63) is 0 Å². The molecule has 0 aliphatic heterocycles. The predicted octanol–water partition coefficient (Wildman–Crippen LogP) is 2.12. The first-order valence-corrected chi connectivity index (χ1v) is 7.33. The maximum absolute atomic E-state index is 11.9. The highest BCUT2D eigenvalue weighted by molar-refractivity contribution is 5.86. The lowest BCUT2D eigenvalue weighted by atomic mass is 9.82. The van der Waals surface area contributed by atoms with Gasteiger partial charge in [0.15, 0.2) is 0 Å². The van der Waals surface area contributed by atoms with Gasteiger partial charge in [-0.1, -0.05) is 26.2 Å². The van der Waals surface area contributed by atoms with Crippen LogP contribution in [0.5, 0.6) is 0 Å². The van der Waals surface area contributed by atoms with E-state index in [9.17, 15) is 14.7 Å². The van der Waals surface area contributed by atoms with Crippen LogP contribution in [-0.4, -0.2) is 29.2 Å². The molecule has 2 fully saturated rings. The molecular formula is C14H24N2O3. The quantitative estimate of drug-likeness (QED) is 0.714. The Hall–Kier alpha value is -1.26. The molecule has 0 spiro atoms. The number of carbonyl (C=O) groups excluding carboxylic acids is 1. The fourth-order valence-corrected chi connectivity index (χ4v) is 2.89. The summed E-state index contributed by atoms with van der Waals surface area (Å²) in [6.45, 7) is 2.76. The lowest BCUT2D eigenvalue weighted by molar-refractivity contribution is -0.145. The van der Waals surface area contributed by atoms with E-state index in [1.165, 1.54) is 12.8 Å². The second kappa shape index (κ2) is 5.80. The molecule has 5 heteroatoms. The first-order chi connectivity index (χ1) is 9.03. The summed E-state index contributed by atoms with van der Waals surface area (Å²) in [6.07, 6.45) is 6.36. The normalized spacial score (nSPS) is 23.4. The Balaban J connectivity index is 1.82. The van der Waals surface area contributed by atoms with Gasteiger partial charge in [0, 0.05) is 6.54 Å². The van der Waals surface area contributed by atoms with Crippen LogP contribution in [0.3, 0.4) is 0 Å². The highest BCUT2D eigenvalue weighted by atomic mass is 16.4. The van der Waals surface area contributed by atoms with E-state index < -0.39 is 11.5 Å². The average molecular weight is 268 g/mol. The van der Waals surface area contributed by atoms with Crippen LogP contribution >= 0.6 is 0 Å². The molecule has 0 aromatic carbocycles. The maximum atomic E-state index is 11.9. The smallest absolute Gasteiger partial charge is 0.329 e. The topological polar surface area (TPSA) is 78.4 Å². The monoisotopic (exact) mass is 268 g/mol. The zero-order valence-corrected chi connectivity index (χ0v) is 11.6. The summed E-state index contributed by atoms with van der Waals surface area (Å²) in [4.78, 5) is 23.3. The molecule has 19 heavy (non-hydrogen) atoms. The molecule has 2 aliphatic rings. The number of aliphatic carboxylic acids is 1. The van der Waals surface area contributed by atoms with Crippen molar-refractivity contribution in [3.63, 3.8) is 0 Å². The highest BCUT2D eigenvalue weighted by Gasteiger charge is 2.41. The van der Waals surface area contributed by atoms with Crippen LogP contribution in [0.4, 0.5) is 4.79 Å². The first-order valence-electron chi connectivity index (χ1n) is 7.33. The summed E-state index contributed by atoms with van der Waals surface area (Å²) in [5.74, 6) is 0.318. The fraction of sp³-hybridized carbons (Fsp3) is 0.857. The number of urea groups is 1. The summed E-state index contributed by atoms with van der Waals surface area (Å²) < 4.78 is 0. The molecule has 0 radical (unpaired) electrons. The van der Waals surface area contributed by atoms with E-state index in [4.69, 9.17) is 0 Å². The number of rotatable bonds is 5. The number of carboxylic acid groups (broad SMARTS) is 1. The summed E-state index contributed by atoms with van der Waals surface area (Å²) in [5, 5.41) is 14.9. The SMILES string of the molecule is CC(CNC(=O)NC1(C(=O)O)CCCCC1)C1CC1. The van der Waals surface area contributed by atoms with Crippen molar-refractivity contribution in [3.8, 4) is 0 Å². The minimum Gasteiger partial charge on any atom is -0.480 e. The molecule has 2 rings (SSSR count). The van der Waals surface area contributed by atoms with Crippen molar-refractivity contribution < 1.29 is 14.7 Å². The van der Waals surface area contributed by atoms with Gasteiger partial charge in [0.25, 0.3) is 0 Å². The predicted molar refractivity (Wildman–Crippen MR) is 71.9 cm³/mol. The van der Waals surface area contributed by atoms with E-state index in [0.717, 1.165) is 25.2 Å². The third kappa shape index (κ3) is 3.61. The summed E-state index contributed by atoms with van der Waals surface area (Å²) in [6, 6.07) is -0.336. The molecule has 0 heterocycles. The van der Waals surface area contributed by atoms with Crippen molar-refractivity contribution >= 4 is 12.0 Å². The fourth-order valence-electron chi connectivity index (χ4n) is 2.89. The standard InChI is InChI=1S/C14H24N2O3/c1-10(11-5-6-11)9-15-13(19)16-14(12(17)18)7-3-2-4-8-14/h10-11H,2-9H2,1H3,(H,17,18)(H2,15,16,19). The number of hydrogen-bond acceptors (Lipinski definition) is 2. The van der Waals surface area contributed by atoms with Crippen molar-refractivity contribution in [2.45, 2.75) is 57.4 Å². The third-order valence-corrected chi connectivity index (χ3v) is 4.48. The first kappa shape index (κ1) is 14.2. The zero-order chi connectivity index (χ0) is 13.9. The molecule has 108 valence electrons. The van der Waals surface area contributed by atoms with Crippen LogP contribution in [0, 0.1) is 11.8 Å². The minimum atomic E-state index is -1.05. The number of carbonyl (C=O) groups is 2. The molecule has 2 amide bonds. The van der Waals surface area contributed by atoms with E-state index in [-0.39, 0.29) is 6.03 Å². The van der Waals surface area contributed by atoms with Gasteiger partial charge in [-0.25, -0.2) is 9.59 Å². The Morgan fingerprint density at radius 1 is 1.26 bits per heavy atom. The van der Waals surface area contributed by atoms with Crippen LogP contribution in [0.2, 0.25) is 0 Å². The van der Waals surface area contributed by atoms with Crippen LogP contribution < -0.4 is 10.6 Å². The van der Waals surface area contributed by atoms with Gasteiger partial charge in [0.05, 0.1) is 0 Å². The summed E-state index contributed by atoms with van der Waals surface area (Å²) in [7, 11) is 0. The molecule has 1 unspecified atom stereocenters. The Morgan fingerprint density at radius 3 is 2.42 bits per heavy atom. The number of amides is 2. The van der Waals surface area contributed by atoms with Crippen molar-refractivity contribution in [1.29, 1.82) is 0 Å². The van der Waals surface area contributed by atoms with E-state index in [1.54, 1.807) is 0 Å². The van der Waals surface area contributed by atoms with Crippen molar-refractivity contribution in [1.82, 2.24) is 10.6 Å². The van der Waals surface area contributed by atoms with E-state index in [0.29, 0.717) is 25.3 Å². The van der Waals surface area contributed by atoms with Crippen LogP contribution in [-0.2, 0) is 4.79 Å². The van der Waals surface area contributed by atoms with E-state index >= 15 is 0 Å². The molecule has 2 aliphatic carbocycles. The lowest BCUT2D eigenvalue weighted by Gasteiger charge is -2.34. The number of nitrogens with one attached hydrogen (secondary N) is 2. The van der Waals surface area contributed by atoms with Gasteiger partial charge in [-0.15, -0.1) is 0 Å². The maximum Gasteiger partial charge on any atom is 0.329 e. The molecule has 0 aromatic rings. The van der Waals surface area contributed by atoms with E-state index in [1.807, 2.05) is 0 Å². The molecule has 5 nitrogen and oxygen atoms in total. The van der Waals surface area contributed by atoms with Gasteiger partial charge in [0.2, 0.25) is 0 Å². The van der Waals surface area contributed by atoms with Gasteiger partial charge >= 0.3 is 12.0 Å². The van der Waals surface area contributed by atoms with Gasteiger partial charge in [-0.3, -0.25) is 0 Å². The molecular weight excluding hydrogens is 244 g/mol. The Morgan fingerprint density at radius 2 is 1.89 bits per heavy atom. The Bertz CT molecular complexity index is 347. The third-order valence-electron chi connectivity index (χ3n) is 4.48. The Labute approximate surface area is 114 Å². The Kier molecular flexibility index (Phi) is 4.32. The molecule has 2 saturated carbocycles. The molecule has 3 N–H and O–H groups in total. The minimum absolute atomic E-state index is 0.336. The summed E-state index contributed by atoms with van der Waals surface area (Å²) >= 11 is 0. The van der Waals surface area contributed by atoms with Gasteiger partial charge in [-0.2, -0.15) is 0 Å². The highest BCUT2D eigenvalue weighted by Crippen LogP contribution is 2.36. The molecule has 0 bridgehead atoms. The second-order valence-corrected chi connectivity index (χ2v) is 6.10. The van der Waals surface area contributed by atoms with Gasteiger partial charge < -0.3 is 15.7 Å². The van der Waals surface area contributed by atoms with Crippen LogP contribution in [0.1, 0.15) is 51.9 Å². The second-order valence-electron chi connectivity index (χ2n) is 6.10. The number of hydrogen-bond donors (Lipinski definition) is 3. The molecule has 0 saturated heterocycles. The number of carboxylic acids is 1. The van der Waals surface area contributed by atoms with Crippen LogP contribution in [0.25, 0.3) is 0 Å². The van der Waals surface area contributed by atoms with Gasteiger partial charge in [0.1, 0.15) is 5.54 Å². The molecule has 0 aromatic heterocycles. The average Bonchev–Trinajstić information content (AvgIpc) is 3.21. The van der Waals surface area contributed by atoms with Gasteiger partial charge in [-0.05, 0) is 37.5 Å². The van der Waals surface area contributed by atoms with E-state index in [2.05, 4.69) is 17.6 Å². The lowest BCUT2D eigenvalue weighted by Crippen LogP contribution is -2.58. The van der Waals surface area contributed by atoms with Crippen molar-refractivity contribution in [2.75, 3.05) is 6.54 Å². The van der Waals surface area contributed by atoms with Crippen LogP contribution in [0.15, 0.2) is 0 Å². The largest absolute Gasteiger partial charge is 0.480 e. The molecule has 1 atom stereocenters. The summed E-state index contributed by atoms with van der Waals surface area (Å²) in [5.41, 5.74) is -1.05. The van der Waals surface area contributed by atoms with Crippen molar-refractivity contribution in [2.24, 2.45) is 11.8 Å². The zero-order valence-electron chi connectivity index (χ0n) is 11.6.